The topological polar surface area (TPSA) is 61.9 Å². The zero-order valence-corrected chi connectivity index (χ0v) is 12.1. The Bertz CT molecular complexity index is 324. The highest BCUT2D eigenvalue weighted by molar-refractivity contribution is 5.96. The van der Waals surface area contributed by atoms with E-state index in [0.717, 1.165) is 58.8 Å². The molecule has 114 valence electrons. The van der Waals surface area contributed by atoms with E-state index in [0.29, 0.717) is 6.54 Å². The third kappa shape index (κ3) is 5.09. The number of nitrogens with zero attached hydrogens (tertiary/aromatic N) is 2. The Morgan fingerprint density at radius 3 is 2.40 bits per heavy atom. The molecule has 0 unspecified atom stereocenters. The van der Waals surface area contributed by atoms with E-state index in [1.165, 1.54) is 6.42 Å². The van der Waals surface area contributed by atoms with E-state index < -0.39 is 0 Å². The zero-order valence-electron chi connectivity index (χ0n) is 12.1. The lowest BCUT2D eigenvalue weighted by Crippen LogP contribution is -2.42. The van der Waals surface area contributed by atoms with Crippen LogP contribution < -0.4 is 5.32 Å². The first kappa shape index (κ1) is 15.3. The summed E-state index contributed by atoms with van der Waals surface area (Å²) in [6.45, 7) is 6.41. The van der Waals surface area contributed by atoms with Crippen molar-refractivity contribution >= 4 is 11.8 Å². The van der Waals surface area contributed by atoms with Gasteiger partial charge in [-0.05, 0) is 19.3 Å². The normalized spacial score (nSPS) is 20.7. The van der Waals surface area contributed by atoms with Crippen LogP contribution in [0.3, 0.4) is 0 Å². The zero-order chi connectivity index (χ0) is 14.2. The summed E-state index contributed by atoms with van der Waals surface area (Å²) >= 11 is 0. The van der Waals surface area contributed by atoms with Gasteiger partial charge in [-0.25, -0.2) is 0 Å². The average Bonchev–Trinajstić information content (AvgIpc) is 2.49. The maximum Gasteiger partial charge on any atom is 0.232 e. The van der Waals surface area contributed by atoms with Crippen LogP contribution in [-0.4, -0.2) is 74.1 Å². The van der Waals surface area contributed by atoms with E-state index in [4.69, 9.17) is 4.74 Å². The van der Waals surface area contributed by atoms with E-state index in [1.807, 2.05) is 4.90 Å². The van der Waals surface area contributed by atoms with Crippen molar-refractivity contribution < 1.29 is 14.3 Å². The monoisotopic (exact) mass is 283 g/mol. The summed E-state index contributed by atoms with van der Waals surface area (Å²) in [6, 6.07) is 0. The van der Waals surface area contributed by atoms with E-state index in [2.05, 4.69) is 10.2 Å². The van der Waals surface area contributed by atoms with Crippen LogP contribution in [-0.2, 0) is 14.3 Å². The van der Waals surface area contributed by atoms with Gasteiger partial charge in [0.05, 0.1) is 13.2 Å². The van der Waals surface area contributed by atoms with Crippen LogP contribution in [0.15, 0.2) is 0 Å². The molecule has 2 amide bonds. The molecule has 2 heterocycles. The van der Waals surface area contributed by atoms with Crippen molar-refractivity contribution in [3.8, 4) is 0 Å². The molecule has 6 nitrogen and oxygen atoms in total. The fourth-order valence-electron chi connectivity index (χ4n) is 2.63. The summed E-state index contributed by atoms with van der Waals surface area (Å²) in [6.07, 6.45) is 3.30. The van der Waals surface area contributed by atoms with Gasteiger partial charge >= 0.3 is 0 Å². The molecule has 2 saturated heterocycles. The lowest BCUT2D eigenvalue weighted by atomic mass is 10.1. The molecule has 2 aliphatic rings. The maximum absolute atomic E-state index is 11.9. The standard InChI is InChI=1S/C14H25N3O3/c18-13(12-14(19)17-5-2-1-3-6-17)15-4-7-16-8-10-20-11-9-16/h1-12H2,(H,15,18). The number of ether oxygens (including phenoxy) is 1. The number of morpholine rings is 1. The van der Waals surface area contributed by atoms with Crippen molar-refractivity contribution in [2.24, 2.45) is 0 Å². The maximum atomic E-state index is 11.9. The molecule has 0 aromatic carbocycles. The van der Waals surface area contributed by atoms with Crippen molar-refractivity contribution in [2.75, 3.05) is 52.5 Å². The Hall–Kier alpha value is -1.14. The highest BCUT2D eigenvalue weighted by Crippen LogP contribution is 2.09. The molecule has 0 radical (unpaired) electrons. The number of piperidine rings is 1. The highest BCUT2D eigenvalue weighted by Gasteiger charge is 2.19. The summed E-state index contributed by atoms with van der Waals surface area (Å²) in [7, 11) is 0. The van der Waals surface area contributed by atoms with Gasteiger partial charge in [0.1, 0.15) is 6.42 Å². The molecular formula is C14H25N3O3. The first-order valence-electron chi connectivity index (χ1n) is 7.60. The summed E-state index contributed by atoms with van der Waals surface area (Å²) in [5.41, 5.74) is 0. The van der Waals surface area contributed by atoms with E-state index in [9.17, 15) is 9.59 Å². The van der Waals surface area contributed by atoms with E-state index in [1.54, 1.807) is 0 Å². The fraction of sp³-hybridized carbons (Fsp3) is 0.857. The molecule has 0 aliphatic carbocycles. The van der Waals surface area contributed by atoms with Gasteiger partial charge < -0.3 is 15.0 Å². The predicted octanol–water partition coefficient (Wildman–Crippen LogP) is -0.163. The van der Waals surface area contributed by atoms with Crippen LogP contribution in [0.1, 0.15) is 25.7 Å². The molecule has 0 spiro atoms. The molecule has 0 bridgehead atoms. The first-order valence-corrected chi connectivity index (χ1v) is 7.60. The van der Waals surface area contributed by atoms with Crippen LogP contribution in [0, 0.1) is 0 Å². The molecule has 2 fully saturated rings. The number of amides is 2. The smallest absolute Gasteiger partial charge is 0.232 e. The molecule has 1 N–H and O–H groups in total. The Balaban J connectivity index is 1.58. The Labute approximate surface area is 120 Å². The van der Waals surface area contributed by atoms with E-state index in [-0.39, 0.29) is 18.2 Å². The lowest BCUT2D eigenvalue weighted by Gasteiger charge is -2.27. The van der Waals surface area contributed by atoms with Crippen molar-refractivity contribution in [2.45, 2.75) is 25.7 Å². The van der Waals surface area contributed by atoms with Gasteiger partial charge in [0.15, 0.2) is 0 Å². The van der Waals surface area contributed by atoms with Gasteiger partial charge in [0.2, 0.25) is 11.8 Å². The number of hydrogen-bond donors (Lipinski definition) is 1. The highest BCUT2D eigenvalue weighted by atomic mass is 16.5. The van der Waals surface area contributed by atoms with Gasteiger partial charge in [-0.2, -0.15) is 0 Å². The molecule has 6 heteroatoms. The van der Waals surface area contributed by atoms with Gasteiger partial charge in [0.25, 0.3) is 0 Å². The fourth-order valence-corrected chi connectivity index (χ4v) is 2.63. The number of rotatable bonds is 5. The SMILES string of the molecule is O=C(CC(=O)N1CCCCC1)NCCN1CCOCC1. The van der Waals surface area contributed by atoms with Gasteiger partial charge in [0, 0.05) is 39.3 Å². The largest absolute Gasteiger partial charge is 0.379 e. The summed E-state index contributed by atoms with van der Waals surface area (Å²) in [5.74, 6) is -0.192. The molecular weight excluding hydrogens is 258 g/mol. The third-order valence-electron chi connectivity index (χ3n) is 3.87. The minimum absolute atomic E-state index is 0.0108. The second-order valence-corrected chi connectivity index (χ2v) is 5.42. The first-order chi connectivity index (χ1) is 9.75. The van der Waals surface area contributed by atoms with Crippen LogP contribution in [0.25, 0.3) is 0 Å². The van der Waals surface area contributed by atoms with E-state index >= 15 is 0 Å². The summed E-state index contributed by atoms with van der Waals surface area (Å²) < 4.78 is 5.27. The Morgan fingerprint density at radius 2 is 1.70 bits per heavy atom. The van der Waals surface area contributed by atoms with Crippen LogP contribution in [0.2, 0.25) is 0 Å². The van der Waals surface area contributed by atoms with Gasteiger partial charge in [-0.3, -0.25) is 14.5 Å². The van der Waals surface area contributed by atoms with Crippen molar-refractivity contribution in [1.82, 2.24) is 15.1 Å². The molecule has 0 saturated carbocycles. The lowest BCUT2D eigenvalue weighted by molar-refractivity contribution is -0.136. The summed E-state index contributed by atoms with van der Waals surface area (Å²) in [5, 5.41) is 2.83. The molecule has 2 rings (SSSR count). The Kier molecular flexibility index (Phi) is 6.26. The number of carbonyl (C=O) groups excluding carboxylic acids is 2. The Morgan fingerprint density at radius 1 is 1.00 bits per heavy atom. The van der Waals surface area contributed by atoms with Crippen LogP contribution >= 0.6 is 0 Å². The molecule has 0 aromatic rings. The number of carbonyl (C=O) groups is 2. The summed E-state index contributed by atoms with van der Waals surface area (Å²) in [4.78, 5) is 27.7. The average molecular weight is 283 g/mol. The van der Waals surface area contributed by atoms with Crippen molar-refractivity contribution in [1.29, 1.82) is 0 Å². The molecule has 0 atom stereocenters. The van der Waals surface area contributed by atoms with Crippen LogP contribution in [0.5, 0.6) is 0 Å². The van der Waals surface area contributed by atoms with Gasteiger partial charge in [-0.15, -0.1) is 0 Å². The number of hydrogen-bond acceptors (Lipinski definition) is 4. The molecule has 20 heavy (non-hydrogen) atoms. The quantitative estimate of drug-likeness (QED) is 0.712. The van der Waals surface area contributed by atoms with Gasteiger partial charge in [-0.1, -0.05) is 0 Å². The van der Waals surface area contributed by atoms with Crippen molar-refractivity contribution in [3.05, 3.63) is 0 Å². The third-order valence-corrected chi connectivity index (χ3v) is 3.87. The molecule has 2 aliphatic heterocycles. The minimum Gasteiger partial charge on any atom is -0.379 e. The second kappa shape index (κ2) is 8.21. The predicted molar refractivity (Wildman–Crippen MR) is 75.3 cm³/mol. The number of nitrogens with one attached hydrogen (secondary N) is 1. The van der Waals surface area contributed by atoms with Crippen LogP contribution in [0.4, 0.5) is 0 Å². The minimum atomic E-state index is -0.158. The molecule has 0 aromatic heterocycles. The second-order valence-electron chi connectivity index (χ2n) is 5.42. The number of likely N-dealkylation sites (tertiary alicyclic amines) is 1. The van der Waals surface area contributed by atoms with Crippen molar-refractivity contribution in [3.63, 3.8) is 0 Å².